The molecule has 0 radical (unpaired) electrons. The quantitative estimate of drug-likeness (QED) is 0.485. The number of methoxy groups -OCH3 is 1. The van der Waals surface area contributed by atoms with Crippen molar-refractivity contribution in [2.75, 3.05) is 18.4 Å². The van der Waals surface area contributed by atoms with E-state index in [2.05, 4.69) is 4.72 Å². The van der Waals surface area contributed by atoms with Crippen molar-refractivity contribution >= 4 is 55.9 Å². The molecule has 2 aromatic rings. The summed E-state index contributed by atoms with van der Waals surface area (Å²) < 4.78 is 38.2. The van der Waals surface area contributed by atoms with E-state index in [-0.39, 0.29) is 27.8 Å². The molecule has 0 heterocycles. The van der Waals surface area contributed by atoms with Gasteiger partial charge in [-0.3, -0.25) is 4.72 Å². The average molecular weight is 496 g/mol. The van der Waals surface area contributed by atoms with Crippen LogP contribution in [0.15, 0.2) is 41.3 Å². The molecule has 2 aromatic carbocycles. The fourth-order valence-corrected chi connectivity index (χ4v) is 4.20. The number of benzene rings is 2. The first-order valence-corrected chi connectivity index (χ1v) is 10.1. The molecule has 0 saturated carbocycles. The van der Waals surface area contributed by atoms with E-state index in [1.165, 1.54) is 37.4 Å². The largest absolute Gasteiger partial charge is 0.496 e. The van der Waals surface area contributed by atoms with Crippen molar-refractivity contribution in [1.29, 1.82) is 0 Å². The molecule has 0 aliphatic rings. The molecule has 2 rings (SSSR count). The minimum absolute atomic E-state index is 0.0744. The predicted octanol–water partition coefficient (Wildman–Crippen LogP) is 3.93. The van der Waals surface area contributed by atoms with Crippen LogP contribution in [0, 0.1) is 3.57 Å². The van der Waals surface area contributed by atoms with Gasteiger partial charge in [-0.05, 0) is 65.9 Å². The van der Waals surface area contributed by atoms with E-state index in [0.29, 0.717) is 9.32 Å². The normalized spacial score (nSPS) is 11.0. The molecule has 0 aromatic heterocycles. The van der Waals surface area contributed by atoms with Crippen molar-refractivity contribution in [1.82, 2.24) is 0 Å². The molecular formula is C16H15ClINO5S. The molecule has 25 heavy (non-hydrogen) atoms. The zero-order valence-corrected chi connectivity index (χ0v) is 17.1. The van der Waals surface area contributed by atoms with Crippen LogP contribution in [-0.2, 0) is 14.8 Å². The summed E-state index contributed by atoms with van der Waals surface area (Å²) in [4.78, 5) is 11.9. The van der Waals surface area contributed by atoms with Crippen LogP contribution < -0.4 is 9.46 Å². The molecule has 134 valence electrons. The highest BCUT2D eigenvalue weighted by Crippen LogP contribution is 2.27. The SMILES string of the molecule is CCOC(=O)c1cc(NS(=O)(=O)c2ccc(OC)c(I)c2)ccc1Cl. The molecule has 0 atom stereocenters. The Labute approximate surface area is 164 Å². The smallest absolute Gasteiger partial charge is 0.339 e. The van der Waals surface area contributed by atoms with Crippen molar-refractivity contribution < 1.29 is 22.7 Å². The van der Waals surface area contributed by atoms with Crippen LogP contribution in [0.5, 0.6) is 5.75 Å². The Balaban J connectivity index is 2.33. The highest BCUT2D eigenvalue weighted by atomic mass is 127. The lowest BCUT2D eigenvalue weighted by Crippen LogP contribution is -2.14. The summed E-state index contributed by atoms with van der Waals surface area (Å²) in [6.45, 7) is 1.86. The van der Waals surface area contributed by atoms with Crippen LogP contribution in [0.25, 0.3) is 0 Å². The summed E-state index contributed by atoms with van der Waals surface area (Å²) in [6.07, 6.45) is 0. The summed E-state index contributed by atoms with van der Waals surface area (Å²) in [5.74, 6) is -0.0387. The maximum absolute atomic E-state index is 12.5. The van der Waals surface area contributed by atoms with E-state index in [1.54, 1.807) is 13.0 Å². The highest BCUT2D eigenvalue weighted by Gasteiger charge is 2.18. The van der Waals surface area contributed by atoms with E-state index in [4.69, 9.17) is 21.1 Å². The number of anilines is 1. The minimum atomic E-state index is -3.83. The third-order valence-electron chi connectivity index (χ3n) is 3.15. The summed E-state index contributed by atoms with van der Waals surface area (Å²) in [7, 11) is -2.33. The first-order chi connectivity index (χ1) is 11.8. The van der Waals surface area contributed by atoms with Crippen LogP contribution in [0.2, 0.25) is 5.02 Å². The maximum Gasteiger partial charge on any atom is 0.339 e. The first kappa shape index (κ1) is 19.8. The molecule has 1 N–H and O–H groups in total. The van der Waals surface area contributed by atoms with Gasteiger partial charge in [-0.1, -0.05) is 11.6 Å². The Bertz CT molecular complexity index is 901. The Morgan fingerprint density at radius 2 is 1.96 bits per heavy atom. The second-order valence-electron chi connectivity index (χ2n) is 4.82. The molecule has 0 saturated heterocycles. The highest BCUT2D eigenvalue weighted by molar-refractivity contribution is 14.1. The standard InChI is InChI=1S/C16H15ClINO5S/c1-3-24-16(20)12-8-10(4-6-13(12)17)19-25(21,22)11-5-7-15(23-2)14(18)9-11/h4-9,19H,3H2,1-2H3. The molecule has 0 amide bonds. The summed E-state index contributed by atoms with van der Waals surface area (Å²) in [5, 5.41) is 0.181. The minimum Gasteiger partial charge on any atom is -0.496 e. The van der Waals surface area contributed by atoms with Crippen molar-refractivity contribution in [2.24, 2.45) is 0 Å². The predicted molar refractivity (Wildman–Crippen MR) is 104 cm³/mol. The fourth-order valence-electron chi connectivity index (χ4n) is 1.98. The van der Waals surface area contributed by atoms with E-state index >= 15 is 0 Å². The van der Waals surface area contributed by atoms with Crippen LogP contribution in [0.4, 0.5) is 5.69 Å². The first-order valence-electron chi connectivity index (χ1n) is 7.11. The van der Waals surface area contributed by atoms with Crippen molar-refractivity contribution in [3.63, 3.8) is 0 Å². The van der Waals surface area contributed by atoms with Gasteiger partial charge >= 0.3 is 5.97 Å². The number of carbonyl (C=O) groups is 1. The van der Waals surface area contributed by atoms with Crippen molar-refractivity contribution in [3.05, 3.63) is 50.6 Å². The van der Waals surface area contributed by atoms with Crippen LogP contribution in [0.3, 0.4) is 0 Å². The van der Waals surface area contributed by atoms with Crippen molar-refractivity contribution in [3.8, 4) is 5.75 Å². The number of hydrogen-bond acceptors (Lipinski definition) is 5. The third kappa shape index (κ3) is 4.77. The summed E-state index contributed by atoms with van der Waals surface area (Å²) >= 11 is 7.96. The van der Waals surface area contributed by atoms with Gasteiger partial charge in [0.15, 0.2) is 0 Å². The fraction of sp³-hybridized carbons (Fsp3) is 0.188. The number of halogens is 2. The van der Waals surface area contributed by atoms with Gasteiger partial charge in [0, 0.05) is 5.69 Å². The number of hydrogen-bond donors (Lipinski definition) is 1. The van der Waals surface area contributed by atoms with E-state index in [1.807, 2.05) is 22.6 Å². The Hall–Kier alpha value is -1.52. The molecule has 0 fully saturated rings. The van der Waals surface area contributed by atoms with Gasteiger partial charge in [0.05, 0.1) is 32.8 Å². The molecular weight excluding hydrogens is 481 g/mol. The molecule has 0 spiro atoms. The zero-order valence-electron chi connectivity index (χ0n) is 13.4. The van der Waals surface area contributed by atoms with Crippen molar-refractivity contribution in [2.45, 2.75) is 11.8 Å². The van der Waals surface area contributed by atoms with E-state index in [9.17, 15) is 13.2 Å². The van der Waals surface area contributed by atoms with Gasteiger partial charge in [-0.2, -0.15) is 0 Å². The number of carbonyl (C=O) groups excluding carboxylic acids is 1. The van der Waals surface area contributed by atoms with Crippen LogP contribution >= 0.6 is 34.2 Å². The lowest BCUT2D eigenvalue weighted by Gasteiger charge is -2.11. The number of sulfonamides is 1. The van der Waals surface area contributed by atoms with Gasteiger partial charge in [0.2, 0.25) is 0 Å². The number of rotatable bonds is 6. The van der Waals surface area contributed by atoms with Crippen LogP contribution in [-0.4, -0.2) is 28.1 Å². The molecule has 0 aliphatic carbocycles. The molecule has 0 unspecified atom stereocenters. The lowest BCUT2D eigenvalue weighted by atomic mass is 10.2. The molecule has 9 heteroatoms. The Morgan fingerprint density at radius 1 is 1.24 bits per heavy atom. The third-order valence-corrected chi connectivity index (χ3v) is 5.70. The summed E-state index contributed by atoms with van der Waals surface area (Å²) in [5.41, 5.74) is 0.298. The van der Waals surface area contributed by atoms with E-state index in [0.717, 1.165) is 0 Å². The molecule has 6 nitrogen and oxygen atoms in total. The van der Waals surface area contributed by atoms with Gasteiger partial charge in [0.25, 0.3) is 10.0 Å². The van der Waals surface area contributed by atoms with Gasteiger partial charge in [0.1, 0.15) is 5.75 Å². The molecule has 0 aliphatic heterocycles. The lowest BCUT2D eigenvalue weighted by molar-refractivity contribution is 0.0526. The monoisotopic (exact) mass is 495 g/mol. The van der Waals surface area contributed by atoms with Crippen LogP contribution in [0.1, 0.15) is 17.3 Å². The topological polar surface area (TPSA) is 81.7 Å². The summed E-state index contributed by atoms with van der Waals surface area (Å²) in [6, 6.07) is 8.74. The average Bonchev–Trinajstić information content (AvgIpc) is 2.56. The Kier molecular flexibility index (Phi) is 6.53. The number of ether oxygens (including phenoxy) is 2. The Morgan fingerprint density at radius 3 is 2.56 bits per heavy atom. The zero-order chi connectivity index (χ0) is 18.6. The second-order valence-corrected chi connectivity index (χ2v) is 8.07. The van der Waals surface area contributed by atoms with E-state index < -0.39 is 16.0 Å². The maximum atomic E-state index is 12.5. The second kappa shape index (κ2) is 8.24. The number of nitrogens with one attached hydrogen (secondary N) is 1. The molecule has 0 bridgehead atoms. The number of esters is 1. The van der Waals surface area contributed by atoms with Gasteiger partial charge in [-0.15, -0.1) is 0 Å². The van der Waals surface area contributed by atoms with Gasteiger partial charge < -0.3 is 9.47 Å². The van der Waals surface area contributed by atoms with Gasteiger partial charge in [-0.25, -0.2) is 13.2 Å².